The van der Waals surface area contributed by atoms with Gasteiger partial charge in [0, 0.05) is 26.1 Å². The highest BCUT2D eigenvalue weighted by molar-refractivity contribution is 5.87. The van der Waals surface area contributed by atoms with Gasteiger partial charge >= 0.3 is 5.97 Å². The minimum absolute atomic E-state index is 0.0501. The van der Waals surface area contributed by atoms with Gasteiger partial charge in [-0.1, -0.05) is 30.3 Å². The quantitative estimate of drug-likeness (QED) is 0.922. The van der Waals surface area contributed by atoms with Gasteiger partial charge in [0.05, 0.1) is 5.92 Å². The van der Waals surface area contributed by atoms with Crippen LogP contribution in [0.4, 0.5) is 0 Å². The molecule has 1 saturated carbocycles. The van der Waals surface area contributed by atoms with Crippen LogP contribution in [0.15, 0.2) is 30.3 Å². The molecule has 1 aromatic rings. The van der Waals surface area contributed by atoms with E-state index in [9.17, 15) is 14.7 Å². The van der Waals surface area contributed by atoms with Crippen molar-refractivity contribution in [1.29, 1.82) is 0 Å². The lowest BCUT2D eigenvalue weighted by Crippen LogP contribution is -2.54. The van der Waals surface area contributed by atoms with Crippen LogP contribution in [0.5, 0.6) is 0 Å². The van der Waals surface area contributed by atoms with Crippen molar-refractivity contribution in [2.75, 3.05) is 20.2 Å². The molecule has 0 bridgehead atoms. The maximum atomic E-state index is 12.7. The van der Waals surface area contributed by atoms with Gasteiger partial charge in [-0.15, -0.1) is 0 Å². The molecule has 2 atom stereocenters. The van der Waals surface area contributed by atoms with Crippen LogP contribution in [0.3, 0.4) is 0 Å². The normalized spacial score (nSPS) is 26.5. The molecule has 0 spiro atoms. The molecule has 1 aromatic carbocycles. The number of carboxylic acid groups (broad SMARTS) is 1. The molecule has 1 heterocycles. The van der Waals surface area contributed by atoms with Crippen LogP contribution in [0.1, 0.15) is 30.7 Å². The number of carbonyl (C=O) groups excluding carboxylic acids is 1. The number of hydrogen-bond acceptors (Lipinski definition) is 3. The third-order valence-corrected chi connectivity index (χ3v) is 5.09. The molecule has 2 aliphatic rings. The summed E-state index contributed by atoms with van der Waals surface area (Å²) in [6.07, 6.45) is 2.44. The van der Waals surface area contributed by atoms with Crippen molar-refractivity contribution >= 4 is 11.9 Å². The van der Waals surface area contributed by atoms with E-state index in [-0.39, 0.29) is 18.4 Å². The fourth-order valence-electron chi connectivity index (χ4n) is 3.55. The SMILES string of the molecule is COC1(C(=O)N2C[C@H](C(=O)O)[C@H](c3ccccc3)C2)CCC1. The average Bonchev–Trinajstić information content (AvgIpc) is 2.93. The molecular formula is C17H21NO4. The molecule has 3 rings (SSSR count). The number of amides is 1. The molecule has 1 N–H and O–H groups in total. The number of nitrogens with zero attached hydrogens (tertiary/aromatic N) is 1. The Labute approximate surface area is 129 Å². The predicted octanol–water partition coefficient (Wildman–Crippen LogP) is 1.88. The van der Waals surface area contributed by atoms with Crippen LogP contribution in [0.2, 0.25) is 0 Å². The summed E-state index contributed by atoms with van der Waals surface area (Å²) in [6.45, 7) is 0.712. The molecule has 5 nitrogen and oxygen atoms in total. The molecule has 5 heteroatoms. The largest absolute Gasteiger partial charge is 0.481 e. The summed E-state index contributed by atoms with van der Waals surface area (Å²) < 4.78 is 5.45. The van der Waals surface area contributed by atoms with E-state index in [1.54, 1.807) is 12.0 Å². The van der Waals surface area contributed by atoms with Crippen LogP contribution in [-0.2, 0) is 14.3 Å². The Morgan fingerprint density at radius 3 is 2.41 bits per heavy atom. The highest BCUT2D eigenvalue weighted by atomic mass is 16.5. The fraction of sp³-hybridized carbons (Fsp3) is 0.529. The molecule has 1 saturated heterocycles. The molecule has 22 heavy (non-hydrogen) atoms. The molecule has 1 aliphatic carbocycles. The highest BCUT2D eigenvalue weighted by Crippen LogP contribution is 2.40. The molecule has 0 aromatic heterocycles. The first-order valence-corrected chi connectivity index (χ1v) is 7.70. The summed E-state index contributed by atoms with van der Waals surface area (Å²) in [4.78, 5) is 26.0. The van der Waals surface area contributed by atoms with E-state index in [1.165, 1.54) is 0 Å². The Morgan fingerprint density at radius 2 is 1.91 bits per heavy atom. The summed E-state index contributed by atoms with van der Waals surface area (Å²) in [5, 5.41) is 9.51. The predicted molar refractivity (Wildman–Crippen MR) is 80.5 cm³/mol. The fourth-order valence-corrected chi connectivity index (χ4v) is 3.55. The molecule has 0 unspecified atom stereocenters. The standard InChI is InChI=1S/C17H21NO4/c1-22-17(8-5-9-17)16(21)18-10-13(14(11-18)15(19)20)12-6-3-2-4-7-12/h2-4,6-7,13-14H,5,8-11H2,1H3,(H,19,20)/t13-,14-/m0/s1. The molecular weight excluding hydrogens is 282 g/mol. The van der Waals surface area contributed by atoms with E-state index in [2.05, 4.69) is 0 Å². The van der Waals surface area contributed by atoms with Crippen LogP contribution in [0, 0.1) is 5.92 Å². The second kappa shape index (κ2) is 5.72. The average molecular weight is 303 g/mol. The Morgan fingerprint density at radius 1 is 1.23 bits per heavy atom. The van der Waals surface area contributed by atoms with Gasteiger partial charge in [-0.2, -0.15) is 0 Å². The van der Waals surface area contributed by atoms with Gasteiger partial charge < -0.3 is 14.7 Å². The van der Waals surface area contributed by atoms with Crippen molar-refractivity contribution in [3.63, 3.8) is 0 Å². The second-order valence-corrected chi connectivity index (χ2v) is 6.22. The smallest absolute Gasteiger partial charge is 0.308 e. The number of likely N-dealkylation sites (tertiary alicyclic amines) is 1. The van der Waals surface area contributed by atoms with Gasteiger partial charge in [0.25, 0.3) is 5.91 Å². The van der Waals surface area contributed by atoms with Crippen molar-refractivity contribution in [2.45, 2.75) is 30.8 Å². The van der Waals surface area contributed by atoms with E-state index < -0.39 is 17.5 Å². The third-order valence-electron chi connectivity index (χ3n) is 5.09. The van der Waals surface area contributed by atoms with Crippen molar-refractivity contribution < 1.29 is 19.4 Å². The zero-order valence-corrected chi connectivity index (χ0v) is 12.7. The minimum Gasteiger partial charge on any atom is -0.481 e. The van der Waals surface area contributed by atoms with Crippen molar-refractivity contribution in [3.05, 3.63) is 35.9 Å². The Kier molecular flexibility index (Phi) is 3.91. The Hall–Kier alpha value is -1.88. The lowest BCUT2D eigenvalue weighted by molar-refractivity contribution is -0.165. The number of benzene rings is 1. The maximum Gasteiger partial charge on any atom is 0.308 e. The van der Waals surface area contributed by atoms with E-state index in [0.717, 1.165) is 24.8 Å². The van der Waals surface area contributed by atoms with Gasteiger partial charge in [0.15, 0.2) is 0 Å². The lowest BCUT2D eigenvalue weighted by Gasteiger charge is -2.41. The summed E-state index contributed by atoms with van der Waals surface area (Å²) in [6, 6.07) is 9.59. The molecule has 0 radical (unpaired) electrons. The maximum absolute atomic E-state index is 12.7. The van der Waals surface area contributed by atoms with E-state index >= 15 is 0 Å². The first kappa shape index (κ1) is 15.0. The molecule has 118 valence electrons. The van der Waals surface area contributed by atoms with Crippen LogP contribution in [-0.4, -0.2) is 47.7 Å². The van der Waals surface area contributed by atoms with Crippen molar-refractivity contribution in [2.24, 2.45) is 5.92 Å². The highest BCUT2D eigenvalue weighted by Gasteiger charge is 2.50. The summed E-state index contributed by atoms with van der Waals surface area (Å²) in [5.41, 5.74) is 0.263. The number of ether oxygens (including phenoxy) is 1. The van der Waals surface area contributed by atoms with E-state index in [1.807, 2.05) is 30.3 Å². The van der Waals surface area contributed by atoms with Gasteiger partial charge in [-0.3, -0.25) is 9.59 Å². The van der Waals surface area contributed by atoms with Crippen molar-refractivity contribution in [3.8, 4) is 0 Å². The Bertz CT molecular complexity index is 562. The Balaban J connectivity index is 1.82. The van der Waals surface area contributed by atoms with Gasteiger partial charge in [0.2, 0.25) is 0 Å². The number of methoxy groups -OCH3 is 1. The molecule has 2 fully saturated rings. The second-order valence-electron chi connectivity index (χ2n) is 6.22. The summed E-state index contributed by atoms with van der Waals surface area (Å²) >= 11 is 0. The number of aliphatic carboxylic acids is 1. The number of carbonyl (C=O) groups is 2. The van der Waals surface area contributed by atoms with Crippen LogP contribution >= 0.6 is 0 Å². The van der Waals surface area contributed by atoms with Crippen LogP contribution in [0.25, 0.3) is 0 Å². The van der Waals surface area contributed by atoms with Crippen molar-refractivity contribution in [1.82, 2.24) is 4.90 Å². The number of rotatable bonds is 4. The van der Waals surface area contributed by atoms with E-state index in [0.29, 0.717) is 6.54 Å². The summed E-state index contributed by atoms with van der Waals surface area (Å²) in [5.74, 6) is -1.60. The first-order chi connectivity index (χ1) is 10.6. The van der Waals surface area contributed by atoms with Gasteiger partial charge in [0.1, 0.15) is 5.60 Å². The van der Waals surface area contributed by atoms with Gasteiger partial charge in [-0.05, 0) is 24.8 Å². The first-order valence-electron chi connectivity index (χ1n) is 7.70. The molecule has 1 amide bonds. The monoisotopic (exact) mass is 303 g/mol. The van der Waals surface area contributed by atoms with Gasteiger partial charge in [-0.25, -0.2) is 0 Å². The third kappa shape index (κ3) is 2.39. The minimum atomic E-state index is -0.843. The number of hydrogen-bond donors (Lipinski definition) is 1. The molecule has 1 aliphatic heterocycles. The zero-order chi connectivity index (χ0) is 15.7. The topological polar surface area (TPSA) is 66.8 Å². The lowest BCUT2D eigenvalue weighted by atomic mass is 9.79. The summed E-state index contributed by atoms with van der Waals surface area (Å²) in [7, 11) is 1.57. The van der Waals surface area contributed by atoms with Crippen LogP contribution < -0.4 is 0 Å². The van der Waals surface area contributed by atoms with E-state index in [4.69, 9.17) is 4.74 Å². The number of carboxylic acids is 1. The zero-order valence-electron chi connectivity index (χ0n) is 12.7.